The van der Waals surface area contributed by atoms with Gasteiger partial charge in [-0.2, -0.15) is 0 Å². The fraction of sp³-hybridized carbons (Fsp3) is 0.357. The molecule has 0 aliphatic heterocycles. The zero-order chi connectivity index (χ0) is 13.5. The Morgan fingerprint density at radius 2 is 2.22 bits per heavy atom. The van der Waals surface area contributed by atoms with E-state index in [0.717, 1.165) is 5.57 Å². The molecule has 1 amide bonds. The van der Waals surface area contributed by atoms with E-state index in [1.165, 1.54) is 0 Å². The number of rotatable bonds is 6. The van der Waals surface area contributed by atoms with Crippen LogP contribution in [0.3, 0.4) is 0 Å². The highest BCUT2D eigenvalue weighted by atomic mass is 16.5. The molecule has 4 nitrogen and oxygen atoms in total. The van der Waals surface area contributed by atoms with E-state index in [2.05, 4.69) is 11.9 Å². The van der Waals surface area contributed by atoms with E-state index in [1.807, 2.05) is 6.92 Å². The summed E-state index contributed by atoms with van der Waals surface area (Å²) in [5, 5.41) is 12.2. The van der Waals surface area contributed by atoms with Gasteiger partial charge in [0.05, 0.1) is 13.2 Å². The van der Waals surface area contributed by atoms with Crippen molar-refractivity contribution >= 4 is 5.91 Å². The van der Waals surface area contributed by atoms with Gasteiger partial charge in [-0.25, -0.2) is 0 Å². The number of nitrogens with one attached hydrogen (secondary N) is 1. The number of ether oxygens (including phenoxy) is 1. The Morgan fingerprint density at radius 3 is 2.89 bits per heavy atom. The predicted molar refractivity (Wildman–Crippen MR) is 70.8 cm³/mol. The largest absolute Gasteiger partial charge is 0.508 e. The molecule has 98 valence electrons. The standard InChI is InChI=1S/C14H19NO3/c1-10(2)9-18-8-7-15-14(17)12-5-4-6-13(16)11(12)3/h4-6,16H,1,7-9H2,2-3H3,(H,15,17). The predicted octanol–water partition coefficient (Wildman–Crippen LogP) is 2.02. The third kappa shape index (κ3) is 4.22. The average Bonchev–Trinajstić information content (AvgIpc) is 2.31. The molecule has 0 radical (unpaired) electrons. The second-order valence-corrected chi connectivity index (χ2v) is 4.22. The molecule has 1 rings (SSSR count). The van der Waals surface area contributed by atoms with Crippen molar-refractivity contribution in [2.24, 2.45) is 0 Å². The van der Waals surface area contributed by atoms with E-state index < -0.39 is 0 Å². The second kappa shape index (κ2) is 6.81. The zero-order valence-corrected chi connectivity index (χ0v) is 10.8. The summed E-state index contributed by atoms with van der Waals surface area (Å²) in [6.45, 7) is 8.68. The van der Waals surface area contributed by atoms with Crippen molar-refractivity contribution < 1.29 is 14.6 Å². The van der Waals surface area contributed by atoms with E-state index in [9.17, 15) is 9.90 Å². The van der Waals surface area contributed by atoms with Crippen molar-refractivity contribution in [3.05, 3.63) is 41.5 Å². The van der Waals surface area contributed by atoms with Crippen molar-refractivity contribution in [3.63, 3.8) is 0 Å². The molecule has 0 aliphatic rings. The van der Waals surface area contributed by atoms with Crippen LogP contribution in [0.25, 0.3) is 0 Å². The lowest BCUT2D eigenvalue weighted by molar-refractivity contribution is 0.0925. The molecule has 4 heteroatoms. The molecular weight excluding hydrogens is 230 g/mol. The first-order chi connectivity index (χ1) is 8.52. The average molecular weight is 249 g/mol. The minimum absolute atomic E-state index is 0.126. The molecule has 0 unspecified atom stereocenters. The maximum atomic E-state index is 11.8. The van der Waals surface area contributed by atoms with E-state index >= 15 is 0 Å². The fourth-order valence-electron chi connectivity index (χ4n) is 1.45. The Balaban J connectivity index is 2.41. The lowest BCUT2D eigenvalue weighted by Crippen LogP contribution is -2.28. The van der Waals surface area contributed by atoms with Crippen molar-refractivity contribution in [2.45, 2.75) is 13.8 Å². The fourth-order valence-corrected chi connectivity index (χ4v) is 1.45. The van der Waals surface area contributed by atoms with Crippen LogP contribution in [0.5, 0.6) is 5.75 Å². The van der Waals surface area contributed by atoms with Crippen LogP contribution in [0.15, 0.2) is 30.4 Å². The summed E-state index contributed by atoms with van der Waals surface area (Å²) >= 11 is 0. The van der Waals surface area contributed by atoms with Crippen LogP contribution < -0.4 is 5.32 Å². The molecule has 0 aliphatic carbocycles. The summed E-state index contributed by atoms with van der Waals surface area (Å²) in [5.74, 6) is -0.0801. The lowest BCUT2D eigenvalue weighted by Gasteiger charge is -2.09. The van der Waals surface area contributed by atoms with Gasteiger partial charge < -0.3 is 15.2 Å². The smallest absolute Gasteiger partial charge is 0.251 e. The SMILES string of the molecule is C=C(C)COCCNC(=O)c1cccc(O)c1C. The van der Waals surface area contributed by atoms with Crippen molar-refractivity contribution in [1.29, 1.82) is 0 Å². The van der Waals surface area contributed by atoms with Gasteiger partial charge in [0, 0.05) is 17.7 Å². The summed E-state index contributed by atoms with van der Waals surface area (Å²) in [6.07, 6.45) is 0. The topological polar surface area (TPSA) is 58.6 Å². The molecule has 0 spiro atoms. The number of amides is 1. The van der Waals surface area contributed by atoms with Gasteiger partial charge in [-0.3, -0.25) is 4.79 Å². The summed E-state index contributed by atoms with van der Waals surface area (Å²) in [7, 11) is 0. The quantitative estimate of drug-likeness (QED) is 0.599. The Kier molecular flexibility index (Phi) is 5.39. The second-order valence-electron chi connectivity index (χ2n) is 4.22. The summed E-state index contributed by atoms with van der Waals surface area (Å²) in [4.78, 5) is 11.8. The number of carbonyl (C=O) groups is 1. The Labute approximate surface area is 107 Å². The molecular formula is C14H19NO3. The number of phenolic OH excluding ortho intramolecular Hbond substituents is 1. The van der Waals surface area contributed by atoms with Crippen molar-refractivity contribution in [1.82, 2.24) is 5.32 Å². The first-order valence-electron chi connectivity index (χ1n) is 5.81. The van der Waals surface area contributed by atoms with Gasteiger partial charge in [0.25, 0.3) is 5.91 Å². The van der Waals surface area contributed by atoms with Crippen LogP contribution in [0.1, 0.15) is 22.8 Å². The molecule has 0 atom stereocenters. The van der Waals surface area contributed by atoms with Gasteiger partial charge in [-0.05, 0) is 26.0 Å². The van der Waals surface area contributed by atoms with Crippen molar-refractivity contribution in [2.75, 3.05) is 19.8 Å². The van der Waals surface area contributed by atoms with E-state index in [0.29, 0.717) is 30.9 Å². The Hall–Kier alpha value is -1.81. The van der Waals surface area contributed by atoms with Crippen molar-refractivity contribution in [3.8, 4) is 5.75 Å². The lowest BCUT2D eigenvalue weighted by atomic mass is 10.1. The molecule has 1 aromatic carbocycles. The van der Waals surface area contributed by atoms with E-state index in [1.54, 1.807) is 25.1 Å². The van der Waals surface area contributed by atoms with Crippen LogP contribution in [0.2, 0.25) is 0 Å². The molecule has 1 aromatic rings. The maximum Gasteiger partial charge on any atom is 0.251 e. The highest BCUT2D eigenvalue weighted by Crippen LogP contribution is 2.19. The monoisotopic (exact) mass is 249 g/mol. The third-order valence-corrected chi connectivity index (χ3v) is 2.43. The Morgan fingerprint density at radius 1 is 1.50 bits per heavy atom. The molecule has 0 fully saturated rings. The maximum absolute atomic E-state index is 11.8. The minimum atomic E-state index is -0.206. The van der Waals surface area contributed by atoms with Crippen LogP contribution in [-0.4, -0.2) is 30.8 Å². The molecule has 0 aromatic heterocycles. The van der Waals surface area contributed by atoms with Gasteiger partial charge >= 0.3 is 0 Å². The molecule has 0 bridgehead atoms. The number of hydrogen-bond acceptors (Lipinski definition) is 3. The Bertz CT molecular complexity index is 441. The number of aromatic hydroxyl groups is 1. The molecule has 0 saturated carbocycles. The summed E-state index contributed by atoms with van der Waals surface area (Å²) in [5.41, 5.74) is 2.01. The van der Waals surface area contributed by atoms with E-state index in [4.69, 9.17) is 4.74 Å². The van der Waals surface area contributed by atoms with Gasteiger partial charge in [-0.15, -0.1) is 0 Å². The summed E-state index contributed by atoms with van der Waals surface area (Å²) < 4.78 is 5.27. The van der Waals surface area contributed by atoms with Crippen LogP contribution >= 0.6 is 0 Å². The van der Waals surface area contributed by atoms with Gasteiger partial charge in [0.1, 0.15) is 5.75 Å². The number of phenols is 1. The van der Waals surface area contributed by atoms with Crippen LogP contribution in [0.4, 0.5) is 0 Å². The number of carbonyl (C=O) groups excluding carboxylic acids is 1. The van der Waals surface area contributed by atoms with Gasteiger partial charge in [0.15, 0.2) is 0 Å². The number of hydrogen-bond donors (Lipinski definition) is 2. The van der Waals surface area contributed by atoms with E-state index in [-0.39, 0.29) is 11.7 Å². The molecule has 2 N–H and O–H groups in total. The highest BCUT2D eigenvalue weighted by Gasteiger charge is 2.10. The highest BCUT2D eigenvalue weighted by molar-refractivity contribution is 5.96. The van der Waals surface area contributed by atoms with Crippen LogP contribution in [0, 0.1) is 6.92 Å². The number of benzene rings is 1. The first-order valence-corrected chi connectivity index (χ1v) is 5.81. The summed E-state index contributed by atoms with van der Waals surface area (Å²) in [6, 6.07) is 4.88. The molecule has 0 heterocycles. The normalized spacial score (nSPS) is 10.1. The van der Waals surface area contributed by atoms with Gasteiger partial charge in [-0.1, -0.05) is 18.2 Å². The first kappa shape index (κ1) is 14.3. The van der Waals surface area contributed by atoms with Crippen LogP contribution in [-0.2, 0) is 4.74 Å². The molecule has 0 saturated heterocycles. The third-order valence-electron chi connectivity index (χ3n) is 2.43. The minimum Gasteiger partial charge on any atom is -0.508 e. The molecule has 18 heavy (non-hydrogen) atoms. The zero-order valence-electron chi connectivity index (χ0n) is 10.8. The van der Waals surface area contributed by atoms with Gasteiger partial charge in [0.2, 0.25) is 0 Å².